The molecule has 2 N–H and O–H groups in total. The van der Waals surface area contributed by atoms with Crippen molar-refractivity contribution in [3.63, 3.8) is 0 Å². The fourth-order valence-corrected chi connectivity index (χ4v) is 5.69. The second kappa shape index (κ2) is 5.50. The largest absolute Gasteiger partial charge is 0.330 e. The van der Waals surface area contributed by atoms with Crippen molar-refractivity contribution in [2.24, 2.45) is 0 Å². The van der Waals surface area contributed by atoms with Crippen LogP contribution in [0, 0.1) is 0 Å². The van der Waals surface area contributed by atoms with Gasteiger partial charge in [-0.3, -0.25) is 9.11 Å². The molecule has 0 heterocycles. The van der Waals surface area contributed by atoms with Crippen LogP contribution in [0.1, 0.15) is 0 Å². The molecule has 0 aromatic rings. The summed E-state index contributed by atoms with van der Waals surface area (Å²) in [4.78, 5) is 0. The number of hydrogen-bond donors (Lipinski definition) is 2. The molecule has 0 saturated heterocycles. The van der Waals surface area contributed by atoms with E-state index in [0.29, 0.717) is 0 Å². The number of hydrogen-bond acceptors (Lipinski definition) is 6. The average Bonchev–Trinajstić information content (AvgIpc) is 1.57. The van der Waals surface area contributed by atoms with E-state index in [-0.39, 0.29) is 57.4 Å². The van der Waals surface area contributed by atoms with Gasteiger partial charge in [0.2, 0.25) is 0 Å². The van der Waals surface area contributed by atoms with E-state index in [9.17, 15) is 16.8 Å². The first kappa shape index (κ1) is 15.3. The smallest absolute Gasteiger partial charge is 0.277 e. The Morgan fingerprint density at radius 3 is 1.09 bits per heavy atom. The van der Waals surface area contributed by atoms with E-state index in [1.165, 1.54) is 0 Å². The van der Waals surface area contributed by atoms with Crippen molar-refractivity contribution in [2.45, 2.75) is 0 Å². The summed E-state index contributed by atoms with van der Waals surface area (Å²) >= 11 is 0. The van der Waals surface area contributed by atoms with Gasteiger partial charge in [-0.1, -0.05) is 0 Å². The second-order valence-corrected chi connectivity index (χ2v) is 8.77. The molecule has 0 aromatic heterocycles. The van der Waals surface area contributed by atoms with Gasteiger partial charge in [0, 0.05) is 37.7 Å². The minimum Gasteiger partial charge on any atom is -0.277 e. The van der Waals surface area contributed by atoms with E-state index < -0.39 is 18.3 Å². The summed E-state index contributed by atoms with van der Waals surface area (Å²) in [5.74, 6) is 0. The molecule has 0 amide bonds. The Morgan fingerprint density at radius 1 is 0.818 bits per heavy atom. The van der Waals surface area contributed by atoms with E-state index in [1.54, 1.807) is 0 Å². The van der Waals surface area contributed by atoms with Crippen LogP contribution in [0.2, 0.25) is 0 Å². The molecule has 0 aromatic carbocycles. The summed E-state index contributed by atoms with van der Waals surface area (Å²) < 4.78 is 55.0. The van der Waals surface area contributed by atoms with Crippen LogP contribution in [0.15, 0.2) is 0 Å². The fourth-order valence-electron chi connectivity index (χ4n) is 0.0702. The Morgan fingerprint density at radius 2 is 1.00 bits per heavy atom. The minimum absolute atomic E-state index is 0. The zero-order valence-electron chi connectivity index (χ0n) is 4.87. The molecule has 0 atom stereocenters. The molecular weight excluding hydrogens is 264 g/mol. The SMILES string of the molecule is O=S(=O)(O)SSS(=O)(=O)O.[Ca]. The van der Waals surface area contributed by atoms with Gasteiger partial charge in [0.1, 0.15) is 0 Å². The molecule has 0 aliphatic rings. The molecule has 64 valence electrons. The zero-order valence-corrected chi connectivity index (χ0v) is 10.3. The van der Waals surface area contributed by atoms with Crippen LogP contribution in [0.25, 0.3) is 0 Å². The maximum atomic E-state index is 9.80. The van der Waals surface area contributed by atoms with Gasteiger partial charge in [-0.2, -0.15) is 16.8 Å². The summed E-state index contributed by atoms with van der Waals surface area (Å²) in [5, 5.41) is 0. The molecule has 0 rings (SSSR count). The van der Waals surface area contributed by atoms with Crippen molar-refractivity contribution in [1.82, 2.24) is 0 Å². The van der Waals surface area contributed by atoms with Crippen molar-refractivity contribution in [2.75, 3.05) is 0 Å². The molecule has 0 aliphatic heterocycles. The van der Waals surface area contributed by atoms with Gasteiger partial charge in [-0.05, 0) is 0 Å². The maximum absolute atomic E-state index is 9.80. The maximum Gasteiger partial charge on any atom is 0.330 e. The first-order valence-electron chi connectivity index (χ1n) is 1.53. The van der Waals surface area contributed by atoms with Crippen molar-refractivity contribution >= 4 is 75.7 Å². The van der Waals surface area contributed by atoms with Crippen molar-refractivity contribution in [3.8, 4) is 0 Å². The van der Waals surface area contributed by atoms with Crippen molar-refractivity contribution < 1.29 is 25.9 Å². The quantitative estimate of drug-likeness (QED) is 0.403. The van der Waals surface area contributed by atoms with Gasteiger partial charge in [-0.15, -0.1) is 0 Å². The van der Waals surface area contributed by atoms with Gasteiger partial charge in [-0.25, -0.2) is 0 Å². The van der Waals surface area contributed by atoms with Gasteiger partial charge in [0.15, 0.2) is 0 Å². The summed E-state index contributed by atoms with van der Waals surface area (Å²) in [6, 6.07) is 0. The second-order valence-electron chi connectivity index (χ2n) is 0.992. The van der Waals surface area contributed by atoms with Gasteiger partial charge in [0.05, 0.1) is 19.7 Å². The van der Waals surface area contributed by atoms with Gasteiger partial charge in [0.25, 0.3) is 0 Å². The third-order valence-electron chi connectivity index (χ3n) is 0.200. The van der Waals surface area contributed by atoms with E-state index in [0.717, 1.165) is 0 Å². The van der Waals surface area contributed by atoms with Crippen LogP contribution >= 0.6 is 19.7 Å². The first-order valence-corrected chi connectivity index (χ1v) is 7.60. The molecule has 0 fully saturated rings. The van der Waals surface area contributed by atoms with E-state index >= 15 is 0 Å². The van der Waals surface area contributed by atoms with E-state index in [2.05, 4.69) is 0 Å². The van der Waals surface area contributed by atoms with Crippen LogP contribution in [-0.2, 0) is 18.3 Å². The molecular formula is H2CaO6S4. The third-order valence-corrected chi connectivity index (χ3v) is 6.89. The molecule has 0 unspecified atom stereocenters. The summed E-state index contributed by atoms with van der Waals surface area (Å²) in [7, 11) is -9.54. The topological polar surface area (TPSA) is 109 Å². The molecule has 0 bridgehead atoms. The molecule has 0 spiro atoms. The van der Waals surface area contributed by atoms with Crippen molar-refractivity contribution in [3.05, 3.63) is 0 Å². The normalized spacial score (nSPS) is 12.2. The Labute approximate surface area is 100 Å². The molecule has 0 saturated carbocycles. The van der Waals surface area contributed by atoms with Crippen LogP contribution in [0.3, 0.4) is 0 Å². The summed E-state index contributed by atoms with van der Waals surface area (Å²) in [6.07, 6.45) is 0. The monoisotopic (exact) mass is 266 g/mol. The van der Waals surface area contributed by atoms with Gasteiger partial charge >= 0.3 is 18.3 Å². The van der Waals surface area contributed by atoms with Crippen LogP contribution in [0.5, 0.6) is 0 Å². The fraction of sp³-hybridized carbons (Fsp3) is 0. The van der Waals surface area contributed by atoms with Crippen molar-refractivity contribution in [1.29, 1.82) is 0 Å². The molecule has 0 aliphatic carbocycles. The van der Waals surface area contributed by atoms with E-state index in [1.807, 2.05) is 0 Å². The van der Waals surface area contributed by atoms with Crippen LogP contribution < -0.4 is 0 Å². The minimum atomic E-state index is -4.42. The van der Waals surface area contributed by atoms with Crippen LogP contribution in [-0.4, -0.2) is 63.7 Å². The summed E-state index contributed by atoms with van der Waals surface area (Å²) in [5.41, 5.74) is 0. The summed E-state index contributed by atoms with van der Waals surface area (Å²) in [6.45, 7) is 0. The molecule has 2 radical (unpaired) electrons. The van der Waals surface area contributed by atoms with E-state index in [4.69, 9.17) is 9.11 Å². The Hall–Kier alpha value is 1.78. The molecule has 6 nitrogen and oxygen atoms in total. The average molecular weight is 266 g/mol. The molecule has 11 heteroatoms. The van der Waals surface area contributed by atoms with Gasteiger partial charge < -0.3 is 0 Å². The first-order chi connectivity index (χ1) is 4.21. The Bertz CT molecular complexity index is 251. The number of rotatable bonds is 3. The standard InChI is InChI=1S/Ca.H2O6S4/c;1-9(2,3)7-8-10(4,5)6/h;(H,1,2,3)(H,4,5,6). The van der Waals surface area contributed by atoms with Crippen LogP contribution in [0.4, 0.5) is 0 Å². The zero-order chi connectivity index (χ0) is 8.41. The Balaban J connectivity index is 0. The third kappa shape index (κ3) is 14.6. The predicted octanol–water partition coefficient (Wildman–Crippen LogP) is -0.407. The predicted molar refractivity (Wildman–Crippen MR) is 44.0 cm³/mol. The molecule has 11 heavy (non-hydrogen) atoms. The Kier molecular flexibility index (Phi) is 7.63.